The second-order valence-corrected chi connectivity index (χ2v) is 5.68. The fourth-order valence-electron chi connectivity index (χ4n) is 2.71. The quantitative estimate of drug-likeness (QED) is 0.798. The third-order valence-electron chi connectivity index (χ3n) is 4.00. The van der Waals surface area contributed by atoms with E-state index < -0.39 is 0 Å². The van der Waals surface area contributed by atoms with Crippen molar-refractivity contribution in [3.05, 3.63) is 58.9 Å². The summed E-state index contributed by atoms with van der Waals surface area (Å²) in [6.07, 6.45) is 2.94. The Hall–Kier alpha value is -2.13. The van der Waals surface area contributed by atoms with Gasteiger partial charge in [0.2, 0.25) is 0 Å². The number of nitrogens with two attached hydrogens (primary N) is 1. The van der Waals surface area contributed by atoms with Gasteiger partial charge in [0, 0.05) is 18.2 Å². The molecule has 0 spiro atoms. The fourth-order valence-corrected chi connectivity index (χ4v) is 2.71. The number of pyridine rings is 1. The average molecular weight is 279 g/mol. The predicted molar refractivity (Wildman–Crippen MR) is 87.6 cm³/mol. The Bertz CT molecular complexity index is 800. The molecule has 0 aliphatic rings. The third-order valence-corrected chi connectivity index (χ3v) is 4.00. The minimum atomic E-state index is 0.612. The van der Waals surface area contributed by atoms with Crippen molar-refractivity contribution >= 4 is 5.65 Å². The third kappa shape index (κ3) is 2.45. The molecule has 0 atom stereocenters. The van der Waals surface area contributed by atoms with Crippen molar-refractivity contribution in [2.75, 3.05) is 6.54 Å². The molecule has 0 saturated carbocycles. The topological polar surface area (TPSA) is 43.3 Å². The number of aromatic nitrogens is 2. The second kappa shape index (κ2) is 5.34. The molecule has 0 unspecified atom stereocenters. The van der Waals surface area contributed by atoms with E-state index in [2.05, 4.69) is 61.7 Å². The maximum Gasteiger partial charge on any atom is 0.137 e. The Kier molecular flexibility index (Phi) is 3.52. The Labute approximate surface area is 125 Å². The Morgan fingerprint density at radius 2 is 1.86 bits per heavy atom. The van der Waals surface area contributed by atoms with E-state index in [9.17, 15) is 0 Å². The normalized spacial score (nSPS) is 11.2. The molecule has 0 aliphatic heterocycles. The number of hydrogen-bond donors (Lipinski definition) is 1. The highest BCUT2D eigenvalue weighted by Gasteiger charge is 2.14. The van der Waals surface area contributed by atoms with Crippen LogP contribution >= 0.6 is 0 Å². The summed E-state index contributed by atoms with van der Waals surface area (Å²) in [6.45, 7) is 7.00. The highest BCUT2D eigenvalue weighted by molar-refractivity contribution is 5.68. The van der Waals surface area contributed by atoms with Crippen LogP contribution in [0.1, 0.15) is 22.4 Å². The van der Waals surface area contributed by atoms with Crippen LogP contribution in [-0.4, -0.2) is 15.9 Å². The molecule has 0 radical (unpaired) electrons. The van der Waals surface area contributed by atoms with Gasteiger partial charge in [-0.05, 0) is 56.1 Å². The molecule has 1 aromatic carbocycles. The van der Waals surface area contributed by atoms with E-state index in [1.165, 1.54) is 27.9 Å². The second-order valence-electron chi connectivity index (χ2n) is 5.68. The maximum atomic E-state index is 5.76. The molecule has 3 heteroatoms. The molecule has 21 heavy (non-hydrogen) atoms. The summed E-state index contributed by atoms with van der Waals surface area (Å²) in [6, 6.07) is 10.7. The molecule has 0 amide bonds. The lowest BCUT2D eigenvalue weighted by Crippen LogP contribution is -2.04. The Morgan fingerprint density at radius 1 is 1.05 bits per heavy atom. The monoisotopic (exact) mass is 279 g/mol. The molecular weight excluding hydrogens is 258 g/mol. The van der Waals surface area contributed by atoms with Gasteiger partial charge in [-0.25, -0.2) is 4.98 Å². The van der Waals surface area contributed by atoms with E-state index in [0.29, 0.717) is 6.54 Å². The van der Waals surface area contributed by atoms with Crippen molar-refractivity contribution in [2.45, 2.75) is 27.2 Å². The Balaban J connectivity index is 2.29. The van der Waals surface area contributed by atoms with Crippen LogP contribution < -0.4 is 5.73 Å². The van der Waals surface area contributed by atoms with E-state index in [1.54, 1.807) is 0 Å². The zero-order chi connectivity index (χ0) is 15.0. The van der Waals surface area contributed by atoms with Gasteiger partial charge in [-0.1, -0.05) is 18.2 Å². The summed E-state index contributed by atoms with van der Waals surface area (Å²) in [5.41, 5.74) is 14.0. The summed E-state index contributed by atoms with van der Waals surface area (Å²) >= 11 is 0. The first-order valence-corrected chi connectivity index (χ1v) is 7.35. The smallest absolute Gasteiger partial charge is 0.137 e. The molecule has 3 nitrogen and oxygen atoms in total. The van der Waals surface area contributed by atoms with Crippen LogP contribution in [-0.2, 0) is 6.42 Å². The zero-order valence-corrected chi connectivity index (χ0v) is 12.9. The van der Waals surface area contributed by atoms with Gasteiger partial charge in [0.1, 0.15) is 5.65 Å². The number of fused-ring (bicyclic) bond motifs is 1. The number of rotatable bonds is 3. The lowest BCUT2D eigenvalue weighted by Gasteiger charge is -2.08. The van der Waals surface area contributed by atoms with Gasteiger partial charge < -0.3 is 5.73 Å². The summed E-state index contributed by atoms with van der Waals surface area (Å²) < 4.78 is 2.18. The van der Waals surface area contributed by atoms with Gasteiger partial charge >= 0.3 is 0 Å². The highest BCUT2D eigenvalue weighted by Crippen LogP contribution is 2.27. The van der Waals surface area contributed by atoms with Crippen molar-refractivity contribution in [3.63, 3.8) is 0 Å². The van der Waals surface area contributed by atoms with Gasteiger partial charge in [-0.3, -0.25) is 4.40 Å². The van der Waals surface area contributed by atoms with E-state index >= 15 is 0 Å². The summed E-state index contributed by atoms with van der Waals surface area (Å²) in [4.78, 5) is 4.75. The lowest BCUT2D eigenvalue weighted by molar-refractivity contribution is 0.939. The number of aryl methyl sites for hydroxylation is 3. The number of imidazole rings is 1. The minimum Gasteiger partial charge on any atom is -0.330 e. The van der Waals surface area contributed by atoms with Crippen molar-refractivity contribution in [2.24, 2.45) is 5.73 Å². The van der Waals surface area contributed by atoms with Crippen LogP contribution in [0.5, 0.6) is 0 Å². The standard InChI is InChI=1S/C18H21N3/c1-12-4-7-17-20-16(8-9-19)18(21(17)11-12)15-6-5-13(2)14(3)10-15/h4-7,10-11H,8-9,19H2,1-3H3. The molecule has 0 aliphatic carbocycles. The molecule has 0 saturated heterocycles. The van der Waals surface area contributed by atoms with Gasteiger partial charge in [-0.15, -0.1) is 0 Å². The van der Waals surface area contributed by atoms with Crippen LogP contribution in [0.3, 0.4) is 0 Å². The fraction of sp³-hybridized carbons (Fsp3) is 0.278. The SMILES string of the molecule is Cc1ccc2nc(CCN)c(-c3ccc(C)c(C)c3)n2c1. The first-order valence-electron chi connectivity index (χ1n) is 7.35. The zero-order valence-electron chi connectivity index (χ0n) is 12.9. The molecule has 0 bridgehead atoms. The summed E-state index contributed by atoms with van der Waals surface area (Å²) in [5.74, 6) is 0. The van der Waals surface area contributed by atoms with Gasteiger partial charge in [0.15, 0.2) is 0 Å². The molecule has 3 aromatic rings. The van der Waals surface area contributed by atoms with E-state index in [0.717, 1.165) is 17.8 Å². The average Bonchev–Trinajstić information content (AvgIpc) is 2.80. The van der Waals surface area contributed by atoms with Crippen LogP contribution in [0.25, 0.3) is 16.9 Å². The van der Waals surface area contributed by atoms with Crippen LogP contribution in [0.4, 0.5) is 0 Å². The summed E-state index contributed by atoms with van der Waals surface area (Å²) in [5, 5.41) is 0. The number of hydrogen-bond acceptors (Lipinski definition) is 2. The predicted octanol–water partition coefficient (Wildman–Crippen LogP) is 3.43. The lowest BCUT2D eigenvalue weighted by atomic mass is 10.0. The number of benzene rings is 1. The molecule has 3 rings (SSSR count). The minimum absolute atomic E-state index is 0.612. The molecule has 2 N–H and O–H groups in total. The van der Waals surface area contributed by atoms with Crippen LogP contribution in [0, 0.1) is 20.8 Å². The molecular formula is C18H21N3. The van der Waals surface area contributed by atoms with Crippen molar-refractivity contribution in [1.29, 1.82) is 0 Å². The largest absolute Gasteiger partial charge is 0.330 e. The van der Waals surface area contributed by atoms with Crippen molar-refractivity contribution < 1.29 is 0 Å². The Morgan fingerprint density at radius 3 is 2.57 bits per heavy atom. The molecule has 2 heterocycles. The first kappa shape index (κ1) is 13.8. The van der Waals surface area contributed by atoms with Crippen LogP contribution in [0.15, 0.2) is 36.5 Å². The van der Waals surface area contributed by atoms with E-state index in [1.807, 2.05) is 0 Å². The van der Waals surface area contributed by atoms with E-state index in [4.69, 9.17) is 10.7 Å². The first-order chi connectivity index (χ1) is 10.1. The van der Waals surface area contributed by atoms with Gasteiger partial charge in [-0.2, -0.15) is 0 Å². The van der Waals surface area contributed by atoms with Crippen molar-refractivity contribution in [3.8, 4) is 11.3 Å². The van der Waals surface area contributed by atoms with Gasteiger partial charge in [0.25, 0.3) is 0 Å². The molecule has 0 fully saturated rings. The summed E-state index contributed by atoms with van der Waals surface area (Å²) in [7, 11) is 0. The highest BCUT2D eigenvalue weighted by atomic mass is 15.0. The number of nitrogens with zero attached hydrogens (tertiary/aromatic N) is 2. The molecule has 108 valence electrons. The van der Waals surface area contributed by atoms with Crippen LogP contribution in [0.2, 0.25) is 0 Å². The molecule has 2 aromatic heterocycles. The maximum absolute atomic E-state index is 5.76. The van der Waals surface area contributed by atoms with Crippen molar-refractivity contribution in [1.82, 2.24) is 9.38 Å². The van der Waals surface area contributed by atoms with Gasteiger partial charge in [0.05, 0.1) is 11.4 Å². The van der Waals surface area contributed by atoms with E-state index in [-0.39, 0.29) is 0 Å².